The average Bonchev–Trinajstić information content (AvgIpc) is 2.95. The van der Waals surface area contributed by atoms with Crippen LogP contribution < -0.4 is 19.5 Å². The number of benzene rings is 3. The molecule has 1 aliphatic rings. The number of anilines is 1. The molecular weight excluding hydrogens is 488 g/mol. The van der Waals surface area contributed by atoms with Gasteiger partial charge in [0.05, 0.1) is 38.1 Å². The molecular formula is C29H30N2O7. The van der Waals surface area contributed by atoms with Gasteiger partial charge in [-0.15, -0.1) is 0 Å². The highest BCUT2D eigenvalue weighted by Crippen LogP contribution is 2.36. The molecule has 1 atom stereocenters. The molecule has 3 N–H and O–H groups in total. The van der Waals surface area contributed by atoms with E-state index in [0.29, 0.717) is 6.42 Å². The molecule has 0 bridgehead atoms. The zero-order valence-electron chi connectivity index (χ0n) is 21.2. The standard InChI is InChI=1S/C29H30N2O7/c1-36-23-10-8-20(9-11-23)21-12-13-31(22(14-21)17-32)28(33)24-15-26(37-2)27(16-25(24)30-29(34)35)38-18-19-6-4-3-5-7-19/h3-12,15-16,22,30,32H,13-14,17-18H2,1-2H3,(H,34,35)/t22-/m0/s1. The number of carbonyl (C=O) groups excluding carboxylic acids is 1. The van der Waals surface area contributed by atoms with Gasteiger partial charge < -0.3 is 29.3 Å². The lowest BCUT2D eigenvalue weighted by Crippen LogP contribution is -2.45. The third-order valence-corrected chi connectivity index (χ3v) is 6.38. The first-order valence-electron chi connectivity index (χ1n) is 12.1. The molecule has 4 rings (SSSR count). The van der Waals surface area contributed by atoms with Gasteiger partial charge in [-0.2, -0.15) is 0 Å². The number of nitrogens with zero attached hydrogens (tertiary/aromatic N) is 1. The minimum Gasteiger partial charge on any atom is -0.497 e. The number of aliphatic hydroxyl groups excluding tert-OH is 1. The molecule has 0 aromatic heterocycles. The van der Waals surface area contributed by atoms with Gasteiger partial charge in [-0.3, -0.25) is 10.1 Å². The zero-order valence-corrected chi connectivity index (χ0v) is 21.2. The molecule has 2 amide bonds. The van der Waals surface area contributed by atoms with E-state index in [2.05, 4.69) is 5.32 Å². The fraction of sp³-hybridized carbons (Fsp3) is 0.241. The number of carbonyl (C=O) groups is 2. The van der Waals surface area contributed by atoms with Crippen molar-refractivity contribution in [2.75, 3.05) is 32.7 Å². The number of aliphatic hydroxyl groups is 1. The topological polar surface area (TPSA) is 118 Å². The third kappa shape index (κ3) is 6.07. The lowest BCUT2D eigenvalue weighted by molar-refractivity contribution is 0.0619. The summed E-state index contributed by atoms with van der Waals surface area (Å²) in [5.41, 5.74) is 3.05. The summed E-state index contributed by atoms with van der Waals surface area (Å²) in [6.07, 6.45) is 1.05. The van der Waals surface area contributed by atoms with Crippen molar-refractivity contribution in [2.24, 2.45) is 0 Å². The molecule has 0 aliphatic carbocycles. The average molecular weight is 519 g/mol. The van der Waals surface area contributed by atoms with Crippen LogP contribution in [0.2, 0.25) is 0 Å². The van der Waals surface area contributed by atoms with Gasteiger partial charge in [-0.1, -0.05) is 48.5 Å². The first-order chi connectivity index (χ1) is 18.4. The SMILES string of the molecule is COc1ccc(C2=CCN(C(=O)c3cc(OC)c(OCc4ccccc4)cc3NC(=O)O)[C@H](CO)C2)cc1. The van der Waals surface area contributed by atoms with Crippen molar-refractivity contribution in [2.45, 2.75) is 19.1 Å². The summed E-state index contributed by atoms with van der Waals surface area (Å²) in [5, 5.41) is 21.9. The van der Waals surface area contributed by atoms with E-state index in [1.807, 2.05) is 60.7 Å². The summed E-state index contributed by atoms with van der Waals surface area (Å²) < 4.78 is 16.6. The number of hydrogen-bond donors (Lipinski definition) is 3. The second-order valence-corrected chi connectivity index (χ2v) is 8.71. The Morgan fingerprint density at radius 2 is 1.74 bits per heavy atom. The Morgan fingerprint density at radius 1 is 1.00 bits per heavy atom. The first kappa shape index (κ1) is 26.6. The third-order valence-electron chi connectivity index (χ3n) is 6.38. The van der Waals surface area contributed by atoms with Gasteiger partial charge in [0.1, 0.15) is 12.4 Å². The zero-order chi connectivity index (χ0) is 27.1. The highest BCUT2D eigenvalue weighted by Gasteiger charge is 2.31. The number of amides is 2. The van der Waals surface area contributed by atoms with E-state index >= 15 is 0 Å². The highest BCUT2D eigenvalue weighted by molar-refractivity contribution is 6.04. The lowest BCUT2D eigenvalue weighted by atomic mass is 9.93. The largest absolute Gasteiger partial charge is 0.497 e. The maximum Gasteiger partial charge on any atom is 0.409 e. The van der Waals surface area contributed by atoms with E-state index in [0.717, 1.165) is 22.4 Å². The first-order valence-corrected chi connectivity index (χ1v) is 12.1. The summed E-state index contributed by atoms with van der Waals surface area (Å²) in [5.74, 6) is 0.873. The van der Waals surface area contributed by atoms with Crippen LogP contribution in [0.4, 0.5) is 10.5 Å². The number of rotatable bonds is 9. The number of nitrogens with one attached hydrogen (secondary N) is 1. The Kier molecular flexibility index (Phi) is 8.50. The summed E-state index contributed by atoms with van der Waals surface area (Å²) in [4.78, 5) is 26.8. The van der Waals surface area contributed by atoms with E-state index in [4.69, 9.17) is 14.2 Å². The van der Waals surface area contributed by atoms with Crippen molar-refractivity contribution in [3.8, 4) is 17.2 Å². The van der Waals surface area contributed by atoms with Crippen LogP contribution in [-0.2, 0) is 6.61 Å². The van der Waals surface area contributed by atoms with Gasteiger partial charge in [0, 0.05) is 12.6 Å². The molecule has 3 aromatic carbocycles. The van der Waals surface area contributed by atoms with Crippen LogP contribution in [0.5, 0.6) is 17.2 Å². The van der Waals surface area contributed by atoms with Crippen LogP contribution in [-0.4, -0.2) is 60.5 Å². The summed E-state index contributed by atoms with van der Waals surface area (Å²) in [7, 11) is 3.05. The predicted molar refractivity (Wildman–Crippen MR) is 143 cm³/mol. The molecule has 38 heavy (non-hydrogen) atoms. The molecule has 0 spiro atoms. The van der Waals surface area contributed by atoms with Gasteiger partial charge in [0.25, 0.3) is 5.91 Å². The van der Waals surface area contributed by atoms with Crippen molar-refractivity contribution in [3.63, 3.8) is 0 Å². The van der Waals surface area contributed by atoms with Crippen LogP contribution in [0, 0.1) is 0 Å². The Balaban J connectivity index is 1.62. The Morgan fingerprint density at radius 3 is 2.37 bits per heavy atom. The molecule has 0 saturated heterocycles. The maximum absolute atomic E-state index is 13.7. The van der Waals surface area contributed by atoms with Gasteiger partial charge in [0.2, 0.25) is 0 Å². The maximum atomic E-state index is 13.7. The molecule has 1 heterocycles. The van der Waals surface area contributed by atoms with Crippen LogP contribution in [0.1, 0.15) is 27.9 Å². The van der Waals surface area contributed by atoms with Gasteiger partial charge in [-0.05, 0) is 41.3 Å². The molecule has 0 fully saturated rings. The van der Waals surface area contributed by atoms with Gasteiger partial charge in [0.15, 0.2) is 11.5 Å². The second-order valence-electron chi connectivity index (χ2n) is 8.71. The van der Waals surface area contributed by atoms with E-state index < -0.39 is 18.0 Å². The Labute approximate surface area is 220 Å². The van der Waals surface area contributed by atoms with Crippen molar-refractivity contribution in [3.05, 3.63) is 89.5 Å². The fourth-order valence-electron chi connectivity index (χ4n) is 4.38. The molecule has 9 heteroatoms. The minimum atomic E-state index is -1.32. The number of methoxy groups -OCH3 is 2. The molecule has 0 radical (unpaired) electrons. The molecule has 0 saturated carbocycles. The minimum absolute atomic E-state index is 0.0629. The summed E-state index contributed by atoms with van der Waals surface area (Å²) in [6.45, 7) is 0.220. The number of carboxylic acid groups (broad SMARTS) is 1. The lowest BCUT2D eigenvalue weighted by Gasteiger charge is -2.35. The van der Waals surface area contributed by atoms with E-state index in [1.165, 1.54) is 24.1 Å². The van der Waals surface area contributed by atoms with Crippen LogP contribution >= 0.6 is 0 Å². The second kappa shape index (κ2) is 12.2. The van der Waals surface area contributed by atoms with Crippen LogP contribution in [0.15, 0.2) is 72.8 Å². The molecule has 0 unspecified atom stereocenters. The van der Waals surface area contributed by atoms with Gasteiger partial charge >= 0.3 is 6.09 Å². The van der Waals surface area contributed by atoms with Crippen molar-refractivity contribution >= 4 is 23.3 Å². The van der Waals surface area contributed by atoms with Crippen LogP contribution in [0.3, 0.4) is 0 Å². The molecule has 3 aromatic rings. The van der Waals surface area contributed by atoms with Crippen molar-refractivity contribution in [1.82, 2.24) is 4.90 Å². The number of ether oxygens (including phenoxy) is 3. The molecule has 1 aliphatic heterocycles. The van der Waals surface area contributed by atoms with Crippen molar-refractivity contribution in [1.29, 1.82) is 0 Å². The summed E-state index contributed by atoms with van der Waals surface area (Å²) >= 11 is 0. The van der Waals surface area contributed by atoms with Crippen LogP contribution in [0.25, 0.3) is 5.57 Å². The fourth-order valence-corrected chi connectivity index (χ4v) is 4.38. The highest BCUT2D eigenvalue weighted by atomic mass is 16.5. The van der Waals surface area contributed by atoms with E-state index in [9.17, 15) is 19.8 Å². The van der Waals surface area contributed by atoms with Gasteiger partial charge in [-0.25, -0.2) is 4.79 Å². The predicted octanol–water partition coefficient (Wildman–Crippen LogP) is 4.66. The van der Waals surface area contributed by atoms with Crippen molar-refractivity contribution < 1.29 is 34.0 Å². The Hall–Kier alpha value is -4.50. The quantitative estimate of drug-likeness (QED) is 0.377. The molecule has 9 nitrogen and oxygen atoms in total. The number of hydrogen-bond acceptors (Lipinski definition) is 6. The monoisotopic (exact) mass is 518 g/mol. The molecule has 198 valence electrons. The van der Waals surface area contributed by atoms with E-state index in [-0.39, 0.29) is 42.5 Å². The van der Waals surface area contributed by atoms with E-state index in [1.54, 1.807) is 7.11 Å². The summed E-state index contributed by atoms with van der Waals surface area (Å²) in [6, 6.07) is 19.5. The Bertz CT molecular complexity index is 1310. The normalized spacial score (nSPS) is 14.9. The smallest absolute Gasteiger partial charge is 0.409 e.